The van der Waals surface area contributed by atoms with E-state index in [0.717, 1.165) is 12.8 Å². The molecule has 2 aromatic carbocycles. The van der Waals surface area contributed by atoms with Gasteiger partial charge in [0.25, 0.3) is 0 Å². The number of nitrogen functional groups attached to an aromatic ring is 1. The van der Waals surface area contributed by atoms with Crippen LogP contribution < -0.4 is 16.8 Å². The van der Waals surface area contributed by atoms with Crippen LogP contribution in [0.15, 0.2) is 54.9 Å². The molecular formula is C21H20N6O. The van der Waals surface area contributed by atoms with Gasteiger partial charge in [-0.25, -0.2) is 9.97 Å². The highest BCUT2D eigenvalue weighted by Crippen LogP contribution is 2.27. The third-order valence-electron chi connectivity index (χ3n) is 4.98. The van der Waals surface area contributed by atoms with Crippen LogP contribution in [0.1, 0.15) is 32.6 Å². The fraction of sp³-hybridized carbons (Fsp3) is 0.143. The fourth-order valence-corrected chi connectivity index (χ4v) is 3.55. The summed E-state index contributed by atoms with van der Waals surface area (Å²) in [6, 6.07) is 15.1. The van der Waals surface area contributed by atoms with E-state index in [-0.39, 0.29) is 17.6 Å². The Morgan fingerprint density at radius 2 is 1.61 bits per heavy atom. The van der Waals surface area contributed by atoms with E-state index in [1.165, 1.54) is 17.5 Å². The van der Waals surface area contributed by atoms with E-state index in [1.54, 1.807) is 24.3 Å². The summed E-state index contributed by atoms with van der Waals surface area (Å²) in [6.07, 6.45) is 3.17. The minimum atomic E-state index is -0.510. The van der Waals surface area contributed by atoms with Crippen molar-refractivity contribution in [1.29, 1.82) is 5.41 Å². The van der Waals surface area contributed by atoms with Gasteiger partial charge in [0.1, 0.15) is 18.0 Å². The predicted molar refractivity (Wildman–Crippen MR) is 109 cm³/mol. The molecule has 7 heteroatoms. The molecule has 6 N–H and O–H groups in total. The molecule has 3 aromatic rings. The molecule has 1 amide bonds. The highest BCUT2D eigenvalue weighted by atomic mass is 16.1. The number of primary amides is 1. The minimum absolute atomic E-state index is 0.176. The van der Waals surface area contributed by atoms with E-state index in [4.69, 9.17) is 16.9 Å². The highest BCUT2D eigenvalue weighted by Gasteiger charge is 2.24. The molecule has 0 saturated carbocycles. The maximum Gasteiger partial charge on any atom is 0.248 e. The third-order valence-corrected chi connectivity index (χ3v) is 4.98. The van der Waals surface area contributed by atoms with Crippen molar-refractivity contribution in [1.82, 2.24) is 9.97 Å². The molecule has 28 heavy (non-hydrogen) atoms. The van der Waals surface area contributed by atoms with E-state index in [0.29, 0.717) is 22.5 Å². The van der Waals surface area contributed by atoms with Gasteiger partial charge in [-0.15, -0.1) is 0 Å². The van der Waals surface area contributed by atoms with Crippen molar-refractivity contribution in [3.05, 3.63) is 82.7 Å². The van der Waals surface area contributed by atoms with Crippen molar-refractivity contribution in [3.8, 4) is 0 Å². The lowest BCUT2D eigenvalue weighted by Gasteiger charge is -2.17. The molecule has 0 radical (unpaired) electrons. The predicted octanol–water partition coefficient (Wildman–Crippen LogP) is 2.15. The molecule has 4 rings (SSSR count). The second-order valence-electron chi connectivity index (χ2n) is 6.82. The van der Waals surface area contributed by atoms with E-state index in [2.05, 4.69) is 27.4 Å². The SMILES string of the molecule is N=C(c1ccc(C(N)=O)cc1)c1c(N)ncnc1NC1Cc2ccccc2C1. The van der Waals surface area contributed by atoms with Crippen LogP contribution in [0.2, 0.25) is 0 Å². The fourth-order valence-electron chi connectivity index (χ4n) is 3.55. The van der Waals surface area contributed by atoms with Gasteiger partial charge >= 0.3 is 0 Å². The van der Waals surface area contributed by atoms with Crippen molar-refractivity contribution in [2.45, 2.75) is 18.9 Å². The van der Waals surface area contributed by atoms with Gasteiger partial charge in [0.05, 0.1) is 11.3 Å². The van der Waals surface area contributed by atoms with Crippen LogP contribution in [0.3, 0.4) is 0 Å². The second-order valence-corrected chi connectivity index (χ2v) is 6.82. The van der Waals surface area contributed by atoms with Gasteiger partial charge in [-0.3, -0.25) is 10.2 Å². The Morgan fingerprint density at radius 1 is 1.00 bits per heavy atom. The molecule has 0 atom stereocenters. The molecule has 1 aromatic heterocycles. The standard InChI is InChI=1S/C21H20N6O/c22-18(12-5-7-13(8-6-12)20(24)28)17-19(23)25-11-26-21(17)27-16-9-14-3-1-2-4-15(14)10-16/h1-8,11,16,22H,9-10H2,(H2,24,28)(H3,23,25,26,27). The Morgan fingerprint density at radius 3 is 2.21 bits per heavy atom. The Labute approximate surface area is 162 Å². The molecule has 0 saturated heterocycles. The average Bonchev–Trinajstić information content (AvgIpc) is 3.10. The van der Waals surface area contributed by atoms with Crippen molar-refractivity contribution in [3.63, 3.8) is 0 Å². The van der Waals surface area contributed by atoms with E-state index in [1.807, 2.05) is 12.1 Å². The van der Waals surface area contributed by atoms with Gasteiger partial charge in [0.2, 0.25) is 5.91 Å². The number of aromatic nitrogens is 2. The molecule has 1 aliphatic carbocycles. The zero-order valence-electron chi connectivity index (χ0n) is 15.1. The number of fused-ring (bicyclic) bond motifs is 1. The lowest BCUT2D eigenvalue weighted by Crippen LogP contribution is -2.23. The van der Waals surface area contributed by atoms with Crippen LogP contribution in [-0.4, -0.2) is 27.6 Å². The Kier molecular flexibility index (Phi) is 4.49. The smallest absolute Gasteiger partial charge is 0.248 e. The first-order chi connectivity index (χ1) is 13.5. The van der Waals surface area contributed by atoms with Crippen molar-refractivity contribution in [2.75, 3.05) is 11.1 Å². The van der Waals surface area contributed by atoms with Crippen LogP contribution in [0.5, 0.6) is 0 Å². The summed E-state index contributed by atoms with van der Waals surface area (Å²) in [7, 11) is 0. The molecule has 0 fully saturated rings. The maximum absolute atomic E-state index is 11.3. The molecule has 7 nitrogen and oxygen atoms in total. The zero-order chi connectivity index (χ0) is 19.7. The molecule has 1 heterocycles. The molecular weight excluding hydrogens is 352 g/mol. The largest absolute Gasteiger partial charge is 0.383 e. The topological polar surface area (TPSA) is 131 Å². The van der Waals surface area contributed by atoms with Crippen LogP contribution in [0.4, 0.5) is 11.6 Å². The Bertz CT molecular complexity index is 1040. The average molecular weight is 372 g/mol. The number of hydrogen-bond donors (Lipinski definition) is 4. The van der Waals surface area contributed by atoms with Gasteiger partial charge in [0, 0.05) is 17.2 Å². The van der Waals surface area contributed by atoms with Gasteiger partial charge in [-0.1, -0.05) is 36.4 Å². The number of amides is 1. The summed E-state index contributed by atoms with van der Waals surface area (Å²) in [4.78, 5) is 19.7. The summed E-state index contributed by atoms with van der Waals surface area (Å²) in [5.74, 6) is 0.259. The number of hydrogen-bond acceptors (Lipinski definition) is 6. The molecule has 0 aliphatic heterocycles. The molecule has 0 unspecified atom stereocenters. The number of rotatable bonds is 5. The van der Waals surface area contributed by atoms with Crippen LogP contribution in [0.25, 0.3) is 0 Å². The number of carbonyl (C=O) groups is 1. The maximum atomic E-state index is 11.3. The Hall–Kier alpha value is -3.74. The van der Waals surface area contributed by atoms with Crippen LogP contribution in [0, 0.1) is 5.41 Å². The number of nitrogens with two attached hydrogens (primary N) is 2. The normalized spacial score (nSPS) is 13.1. The number of benzene rings is 2. The number of nitrogens with zero attached hydrogens (tertiary/aromatic N) is 2. The van der Waals surface area contributed by atoms with Crippen LogP contribution in [-0.2, 0) is 12.8 Å². The van der Waals surface area contributed by atoms with Gasteiger partial charge in [0.15, 0.2) is 0 Å². The molecule has 140 valence electrons. The monoisotopic (exact) mass is 372 g/mol. The van der Waals surface area contributed by atoms with Gasteiger partial charge in [-0.05, 0) is 36.1 Å². The Balaban J connectivity index is 1.61. The molecule has 0 bridgehead atoms. The van der Waals surface area contributed by atoms with E-state index in [9.17, 15) is 4.79 Å². The third kappa shape index (κ3) is 3.29. The summed E-state index contributed by atoms with van der Waals surface area (Å²) < 4.78 is 0. The van der Waals surface area contributed by atoms with Crippen LogP contribution >= 0.6 is 0 Å². The molecule has 0 spiro atoms. The summed E-state index contributed by atoms with van der Waals surface area (Å²) in [5, 5.41) is 12.0. The lowest BCUT2D eigenvalue weighted by atomic mass is 10.0. The van der Waals surface area contributed by atoms with Crippen molar-refractivity contribution in [2.24, 2.45) is 5.73 Å². The summed E-state index contributed by atoms with van der Waals surface area (Å²) in [6.45, 7) is 0. The first kappa shape index (κ1) is 17.7. The number of carbonyl (C=O) groups excluding carboxylic acids is 1. The summed E-state index contributed by atoms with van der Waals surface area (Å²) >= 11 is 0. The van der Waals surface area contributed by atoms with Crippen molar-refractivity contribution >= 4 is 23.3 Å². The zero-order valence-corrected chi connectivity index (χ0v) is 15.1. The summed E-state index contributed by atoms with van der Waals surface area (Å²) in [5.41, 5.74) is 15.6. The lowest BCUT2D eigenvalue weighted by molar-refractivity contribution is 0.100. The second kappa shape index (κ2) is 7.11. The number of anilines is 2. The quantitative estimate of drug-likeness (QED) is 0.510. The van der Waals surface area contributed by atoms with E-state index < -0.39 is 5.91 Å². The van der Waals surface area contributed by atoms with Gasteiger partial charge in [-0.2, -0.15) is 0 Å². The number of nitrogens with one attached hydrogen (secondary N) is 2. The molecule has 1 aliphatic rings. The first-order valence-electron chi connectivity index (χ1n) is 8.96. The first-order valence-corrected chi connectivity index (χ1v) is 8.96. The van der Waals surface area contributed by atoms with Gasteiger partial charge < -0.3 is 16.8 Å². The highest BCUT2D eigenvalue weighted by molar-refractivity contribution is 6.16. The van der Waals surface area contributed by atoms with Crippen molar-refractivity contribution < 1.29 is 4.79 Å². The van der Waals surface area contributed by atoms with E-state index >= 15 is 0 Å². The minimum Gasteiger partial charge on any atom is -0.383 e.